The van der Waals surface area contributed by atoms with E-state index in [0.717, 1.165) is 39.9 Å². The summed E-state index contributed by atoms with van der Waals surface area (Å²) < 4.78 is 0. The van der Waals surface area contributed by atoms with E-state index >= 15 is 0 Å². The summed E-state index contributed by atoms with van der Waals surface area (Å²) in [5.41, 5.74) is 7.09. The lowest BCUT2D eigenvalue weighted by Crippen LogP contribution is -2.23. The lowest BCUT2D eigenvalue weighted by molar-refractivity contribution is 0.240. The second kappa shape index (κ2) is 8.49. The van der Waals surface area contributed by atoms with Crippen LogP contribution in [0.3, 0.4) is 0 Å². The Morgan fingerprint density at radius 1 is 0.643 bits per heavy atom. The quantitative estimate of drug-likeness (QED) is 0.595. The van der Waals surface area contributed by atoms with Gasteiger partial charge in [-0.1, -0.05) is 65.7 Å². The summed E-state index contributed by atoms with van der Waals surface area (Å²) in [5, 5.41) is 21.1. The van der Waals surface area contributed by atoms with Crippen LogP contribution < -0.4 is 0 Å². The maximum atomic E-state index is 10.6. The van der Waals surface area contributed by atoms with Gasteiger partial charge in [-0.15, -0.1) is 0 Å². The van der Waals surface area contributed by atoms with E-state index in [4.69, 9.17) is 0 Å². The zero-order valence-corrected chi connectivity index (χ0v) is 17.2. The van der Waals surface area contributed by atoms with Crippen LogP contribution in [0, 0.1) is 27.7 Å². The molecule has 0 aromatic heterocycles. The minimum atomic E-state index is 0.355. The summed E-state index contributed by atoms with van der Waals surface area (Å²) in [6.45, 7) is 9.91. The molecule has 0 atom stereocenters. The summed E-state index contributed by atoms with van der Waals surface area (Å²) in [7, 11) is 0. The van der Waals surface area contributed by atoms with Crippen molar-refractivity contribution in [3.63, 3.8) is 0 Å². The fourth-order valence-corrected chi connectivity index (χ4v) is 3.83. The highest BCUT2D eigenvalue weighted by Crippen LogP contribution is 2.29. The molecule has 0 aliphatic rings. The molecule has 0 aliphatic heterocycles. The number of hydrogen-bond donors (Lipinski definition) is 2. The van der Waals surface area contributed by atoms with Crippen LogP contribution >= 0.6 is 0 Å². The number of rotatable bonds is 6. The molecule has 0 amide bonds. The van der Waals surface area contributed by atoms with E-state index in [-0.39, 0.29) is 0 Å². The smallest absolute Gasteiger partial charge is 0.122 e. The fraction of sp³-hybridized carbons (Fsp3) is 0.280. The highest BCUT2D eigenvalue weighted by atomic mass is 16.3. The highest BCUT2D eigenvalue weighted by molar-refractivity contribution is 5.44. The molecule has 28 heavy (non-hydrogen) atoms. The first kappa shape index (κ1) is 20.0. The number of aryl methyl sites for hydroxylation is 4. The van der Waals surface area contributed by atoms with Crippen LogP contribution in [0.2, 0.25) is 0 Å². The molecule has 3 rings (SSSR count). The molecule has 2 N–H and O–H groups in total. The normalized spacial score (nSPS) is 11.2. The zero-order valence-electron chi connectivity index (χ0n) is 17.2. The van der Waals surface area contributed by atoms with Gasteiger partial charge in [-0.25, -0.2) is 0 Å². The summed E-state index contributed by atoms with van der Waals surface area (Å²) in [6.07, 6.45) is 0. The van der Waals surface area contributed by atoms with Gasteiger partial charge in [0.2, 0.25) is 0 Å². The van der Waals surface area contributed by atoms with Gasteiger partial charge in [-0.05, 0) is 44.4 Å². The number of aromatic hydroxyl groups is 2. The summed E-state index contributed by atoms with van der Waals surface area (Å²) in [4.78, 5) is 2.26. The van der Waals surface area contributed by atoms with Gasteiger partial charge in [-0.3, -0.25) is 4.90 Å². The topological polar surface area (TPSA) is 43.7 Å². The lowest BCUT2D eigenvalue weighted by Gasteiger charge is -2.25. The minimum absolute atomic E-state index is 0.355. The number of benzene rings is 3. The van der Waals surface area contributed by atoms with Gasteiger partial charge >= 0.3 is 0 Å². The number of hydrogen-bond acceptors (Lipinski definition) is 3. The molecular formula is C25H29NO2. The molecule has 0 radical (unpaired) electrons. The van der Waals surface area contributed by atoms with Crippen molar-refractivity contribution in [3.05, 3.63) is 93.5 Å². The van der Waals surface area contributed by atoms with E-state index in [1.165, 1.54) is 5.56 Å². The van der Waals surface area contributed by atoms with Crippen LogP contribution in [0.5, 0.6) is 11.5 Å². The molecule has 3 nitrogen and oxygen atoms in total. The van der Waals surface area contributed by atoms with Gasteiger partial charge in [0, 0.05) is 30.8 Å². The third kappa shape index (κ3) is 4.73. The predicted molar refractivity (Wildman–Crippen MR) is 115 cm³/mol. The second-order valence-electron chi connectivity index (χ2n) is 7.81. The van der Waals surface area contributed by atoms with Gasteiger partial charge < -0.3 is 10.2 Å². The molecular weight excluding hydrogens is 346 g/mol. The summed E-state index contributed by atoms with van der Waals surface area (Å²) in [6, 6.07) is 18.4. The van der Waals surface area contributed by atoms with Crippen molar-refractivity contribution in [2.75, 3.05) is 0 Å². The molecule has 0 aliphatic carbocycles. The van der Waals surface area contributed by atoms with Crippen molar-refractivity contribution < 1.29 is 10.2 Å². The molecule has 3 heteroatoms. The van der Waals surface area contributed by atoms with Crippen LogP contribution in [-0.2, 0) is 19.6 Å². The van der Waals surface area contributed by atoms with Crippen LogP contribution in [0.15, 0.2) is 54.6 Å². The van der Waals surface area contributed by atoms with Gasteiger partial charge in [0.25, 0.3) is 0 Å². The van der Waals surface area contributed by atoms with E-state index in [0.29, 0.717) is 24.6 Å². The van der Waals surface area contributed by atoms with Crippen molar-refractivity contribution >= 4 is 0 Å². The predicted octanol–water partition coefficient (Wildman–Crippen LogP) is 5.53. The van der Waals surface area contributed by atoms with Crippen molar-refractivity contribution in [3.8, 4) is 11.5 Å². The number of nitrogens with zero attached hydrogens (tertiary/aromatic N) is 1. The number of phenolic OH excluding ortho intramolecular Hbond substituents is 2. The molecule has 0 saturated carbocycles. The third-order valence-corrected chi connectivity index (χ3v) is 5.08. The average molecular weight is 376 g/mol. The molecule has 0 bridgehead atoms. The standard InChI is InChI=1S/C25H29NO2/c1-17-10-19(3)24(27)22(12-17)15-26(14-21-8-6-5-7-9-21)16-23-13-18(2)11-20(4)25(23)28/h5-13,27-28H,14-16H2,1-4H3. The van der Waals surface area contributed by atoms with Crippen LogP contribution in [0.4, 0.5) is 0 Å². The first-order valence-corrected chi connectivity index (χ1v) is 9.68. The highest BCUT2D eigenvalue weighted by Gasteiger charge is 2.15. The maximum absolute atomic E-state index is 10.6. The molecule has 3 aromatic rings. The Hall–Kier alpha value is -2.78. The monoisotopic (exact) mass is 375 g/mol. The molecule has 0 heterocycles. The first-order valence-electron chi connectivity index (χ1n) is 9.68. The number of phenols is 2. The van der Waals surface area contributed by atoms with Crippen LogP contribution in [-0.4, -0.2) is 15.1 Å². The third-order valence-electron chi connectivity index (χ3n) is 5.08. The van der Waals surface area contributed by atoms with Gasteiger partial charge in [0.1, 0.15) is 11.5 Å². The van der Waals surface area contributed by atoms with Gasteiger partial charge in [-0.2, -0.15) is 0 Å². The minimum Gasteiger partial charge on any atom is -0.507 e. The van der Waals surface area contributed by atoms with Crippen LogP contribution in [0.25, 0.3) is 0 Å². The molecule has 3 aromatic carbocycles. The summed E-state index contributed by atoms with van der Waals surface area (Å²) in [5.74, 6) is 0.710. The Labute approximate surface area is 167 Å². The fourth-order valence-electron chi connectivity index (χ4n) is 3.83. The molecule has 0 spiro atoms. The molecule has 0 unspecified atom stereocenters. The molecule has 146 valence electrons. The van der Waals surface area contributed by atoms with Crippen molar-refractivity contribution in [1.82, 2.24) is 4.90 Å². The summed E-state index contributed by atoms with van der Waals surface area (Å²) >= 11 is 0. The van der Waals surface area contributed by atoms with E-state index < -0.39 is 0 Å². The van der Waals surface area contributed by atoms with Crippen molar-refractivity contribution in [2.45, 2.75) is 47.3 Å². The maximum Gasteiger partial charge on any atom is 0.122 e. The van der Waals surface area contributed by atoms with E-state index in [9.17, 15) is 10.2 Å². The average Bonchev–Trinajstić information content (AvgIpc) is 2.64. The van der Waals surface area contributed by atoms with E-state index in [1.807, 2.05) is 70.2 Å². The molecule has 0 fully saturated rings. The van der Waals surface area contributed by atoms with Gasteiger partial charge in [0.05, 0.1) is 0 Å². The second-order valence-corrected chi connectivity index (χ2v) is 7.81. The Kier molecular flexibility index (Phi) is 6.05. The van der Waals surface area contributed by atoms with E-state index in [2.05, 4.69) is 17.0 Å². The van der Waals surface area contributed by atoms with Crippen LogP contribution in [0.1, 0.15) is 38.9 Å². The zero-order chi connectivity index (χ0) is 20.3. The lowest BCUT2D eigenvalue weighted by atomic mass is 10.0. The Balaban J connectivity index is 1.94. The SMILES string of the molecule is Cc1cc(C)c(O)c(CN(Cc2ccccc2)Cc2cc(C)cc(C)c2O)c1. The molecule has 0 saturated heterocycles. The van der Waals surface area contributed by atoms with E-state index in [1.54, 1.807) is 0 Å². The Morgan fingerprint density at radius 2 is 1.11 bits per heavy atom. The Bertz CT molecular complexity index is 905. The van der Waals surface area contributed by atoms with Crippen molar-refractivity contribution in [1.29, 1.82) is 0 Å². The first-order chi connectivity index (χ1) is 13.3. The van der Waals surface area contributed by atoms with Crippen molar-refractivity contribution in [2.24, 2.45) is 0 Å². The largest absolute Gasteiger partial charge is 0.507 e. The Morgan fingerprint density at radius 3 is 1.57 bits per heavy atom. The van der Waals surface area contributed by atoms with Gasteiger partial charge in [0.15, 0.2) is 0 Å².